The lowest BCUT2D eigenvalue weighted by Crippen LogP contribution is -2.41. The number of rotatable bonds is 4. The molecule has 0 radical (unpaired) electrons. The first-order valence-electron chi connectivity index (χ1n) is 7.09. The van der Waals surface area contributed by atoms with Crippen LogP contribution in [-0.2, 0) is 6.54 Å². The highest BCUT2D eigenvalue weighted by Crippen LogP contribution is 2.35. The normalized spacial score (nSPS) is 13.1. The van der Waals surface area contributed by atoms with Crippen LogP contribution in [0.2, 0.25) is 5.02 Å². The van der Waals surface area contributed by atoms with Crippen molar-refractivity contribution in [1.29, 1.82) is 0 Å². The van der Waals surface area contributed by atoms with E-state index in [2.05, 4.69) is 58.1 Å². The number of thiophene rings is 1. The Bertz CT molecular complexity index is 593. The lowest BCUT2D eigenvalue weighted by Gasteiger charge is -2.33. The largest absolute Gasteiger partial charge is 0.307 e. The summed E-state index contributed by atoms with van der Waals surface area (Å²) in [5.41, 5.74) is 0.429. The van der Waals surface area contributed by atoms with Crippen LogP contribution in [-0.4, -0.2) is 5.54 Å². The summed E-state index contributed by atoms with van der Waals surface area (Å²) in [5.74, 6) is 0. The fourth-order valence-corrected chi connectivity index (χ4v) is 4.33. The molecule has 0 aliphatic heterocycles. The van der Waals surface area contributed by atoms with Crippen LogP contribution < -0.4 is 5.32 Å². The van der Waals surface area contributed by atoms with Crippen molar-refractivity contribution in [3.63, 3.8) is 0 Å². The molecule has 0 saturated heterocycles. The molecular formula is C17H24ClNS. The zero-order valence-corrected chi connectivity index (χ0v) is 14.6. The van der Waals surface area contributed by atoms with Crippen LogP contribution in [0.15, 0.2) is 24.3 Å². The quantitative estimate of drug-likeness (QED) is 0.746. The van der Waals surface area contributed by atoms with Gasteiger partial charge in [-0.05, 0) is 31.7 Å². The van der Waals surface area contributed by atoms with E-state index in [-0.39, 0.29) is 5.54 Å². The highest BCUT2D eigenvalue weighted by atomic mass is 35.5. The SMILES string of the molecule is CC(C)(C)CC(C)(C)NCc1sc2ccccc2c1Cl. The zero-order chi connectivity index (χ0) is 15.0. The van der Waals surface area contributed by atoms with Gasteiger partial charge in [-0.1, -0.05) is 50.6 Å². The lowest BCUT2D eigenvalue weighted by atomic mass is 9.82. The second-order valence-electron chi connectivity index (χ2n) is 7.31. The molecule has 0 aliphatic rings. The molecule has 0 saturated carbocycles. The van der Waals surface area contributed by atoms with Crippen molar-refractivity contribution in [2.45, 2.75) is 53.1 Å². The number of nitrogens with one attached hydrogen (secondary N) is 1. The van der Waals surface area contributed by atoms with Crippen molar-refractivity contribution >= 4 is 33.0 Å². The molecular weight excluding hydrogens is 286 g/mol. The van der Waals surface area contributed by atoms with Gasteiger partial charge in [0, 0.05) is 27.0 Å². The van der Waals surface area contributed by atoms with Gasteiger partial charge in [0.25, 0.3) is 0 Å². The first kappa shape index (κ1) is 15.8. The average Bonchev–Trinajstić information content (AvgIpc) is 2.62. The van der Waals surface area contributed by atoms with Gasteiger partial charge in [0.1, 0.15) is 0 Å². The number of fused-ring (bicyclic) bond motifs is 1. The molecule has 2 aromatic rings. The van der Waals surface area contributed by atoms with Gasteiger partial charge < -0.3 is 5.32 Å². The minimum atomic E-state index is 0.109. The molecule has 0 amide bonds. The monoisotopic (exact) mass is 309 g/mol. The number of hydrogen-bond acceptors (Lipinski definition) is 2. The van der Waals surface area contributed by atoms with E-state index in [1.807, 2.05) is 6.07 Å². The Morgan fingerprint density at radius 2 is 1.75 bits per heavy atom. The predicted molar refractivity (Wildman–Crippen MR) is 91.8 cm³/mol. The molecule has 0 bridgehead atoms. The lowest BCUT2D eigenvalue weighted by molar-refractivity contribution is 0.241. The fourth-order valence-electron chi connectivity index (χ4n) is 2.89. The van der Waals surface area contributed by atoms with Crippen molar-refractivity contribution in [2.75, 3.05) is 0 Å². The van der Waals surface area contributed by atoms with Gasteiger partial charge in [-0.2, -0.15) is 0 Å². The third-order valence-electron chi connectivity index (χ3n) is 3.30. The van der Waals surface area contributed by atoms with Gasteiger partial charge in [-0.15, -0.1) is 11.3 Å². The summed E-state index contributed by atoms with van der Waals surface area (Å²) in [4.78, 5) is 1.23. The molecule has 0 fully saturated rings. The summed E-state index contributed by atoms with van der Waals surface area (Å²) in [6, 6.07) is 8.34. The molecule has 1 N–H and O–H groups in total. The van der Waals surface area contributed by atoms with Crippen molar-refractivity contribution in [3.05, 3.63) is 34.2 Å². The van der Waals surface area contributed by atoms with E-state index in [9.17, 15) is 0 Å². The fraction of sp³-hybridized carbons (Fsp3) is 0.529. The van der Waals surface area contributed by atoms with Crippen LogP contribution in [0.3, 0.4) is 0 Å². The second-order valence-corrected chi connectivity index (χ2v) is 8.82. The maximum Gasteiger partial charge on any atom is 0.0636 e. The van der Waals surface area contributed by atoms with Gasteiger partial charge >= 0.3 is 0 Å². The molecule has 1 heterocycles. The van der Waals surface area contributed by atoms with Crippen LogP contribution in [0, 0.1) is 5.41 Å². The number of benzene rings is 1. The molecule has 3 heteroatoms. The highest BCUT2D eigenvalue weighted by molar-refractivity contribution is 7.19. The Hall–Kier alpha value is -0.570. The van der Waals surface area contributed by atoms with E-state index in [4.69, 9.17) is 11.6 Å². The van der Waals surface area contributed by atoms with Crippen LogP contribution in [0.1, 0.15) is 45.9 Å². The maximum absolute atomic E-state index is 6.49. The van der Waals surface area contributed by atoms with Crippen molar-refractivity contribution in [2.24, 2.45) is 5.41 Å². The first-order valence-corrected chi connectivity index (χ1v) is 8.28. The minimum Gasteiger partial charge on any atom is -0.307 e. The Kier molecular flexibility index (Phi) is 4.48. The van der Waals surface area contributed by atoms with Crippen LogP contribution in [0.4, 0.5) is 0 Å². The van der Waals surface area contributed by atoms with Gasteiger partial charge in [-0.25, -0.2) is 0 Å². The number of hydrogen-bond donors (Lipinski definition) is 1. The van der Waals surface area contributed by atoms with Crippen LogP contribution >= 0.6 is 22.9 Å². The minimum absolute atomic E-state index is 0.109. The smallest absolute Gasteiger partial charge is 0.0636 e. The maximum atomic E-state index is 6.49. The van der Waals surface area contributed by atoms with Crippen molar-refractivity contribution in [3.8, 4) is 0 Å². The molecule has 2 rings (SSSR count). The highest BCUT2D eigenvalue weighted by Gasteiger charge is 2.25. The number of halogens is 1. The Labute approximate surface area is 131 Å². The summed E-state index contributed by atoms with van der Waals surface area (Å²) < 4.78 is 1.27. The van der Waals surface area contributed by atoms with E-state index in [0.29, 0.717) is 5.41 Å². The van der Waals surface area contributed by atoms with Crippen molar-refractivity contribution in [1.82, 2.24) is 5.32 Å². The molecule has 0 atom stereocenters. The van der Waals surface area contributed by atoms with Crippen LogP contribution in [0.5, 0.6) is 0 Å². The third kappa shape index (κ3) is 3.97. The summed E-state index contributed by atoms with van der Waals surface area (Å²) in [5, 5.41) is 5.74. The molecule has 1 aromatic heterocycles. The summed E-state index contributed by atoms with van der Waals surface area (Å²) in [6.45, 7) is 12.2. The predicted octanol–water partition coefficient (Wildman–Crippen LogP) is 5.86. The van der Waals surface area contributed by atoms with E-state index >= 15 is 0 Å². The zero-order valence-electron chi connectivity index (χ0n) is 13.0. The standard InChI is InChI=1S/C17H24ClNS/c1-16(2,3)11-17(4,5)19-10-14-15(18)12-8-6-7-9-13(12)20-14/h6-9,19H,10-11H2,1-5H3. The molecule has 1 nitrogen and oxygen atoms in total. The Morgan fingerprint density at radius 3 is 2.35 bits per heavy atom. The topological polar surface area (TPSA) is 12.0 Å². The second kappa shape index (κ2) is 5.67. The van der Waals surface area contributed by atoms with E-state index < -0.39 is 0 Å². The molecule has 0 unspecified atom stereocenters. The molecule has 110 valence electrons. The Balaban J connectivity index is 2.11. The third-order valence-corrected chi connectivity index (χ3v) is 5.02. The van der Waals surface area contributed by atoms with Gasteiger partial charge in [-0.3, -0.25) is 0 Å². The van der Waals surface area contributed by atoms with E-state index in [0.717, 1.165) is 18.0 Å². The molecule has 0 aliphatic carbocycles. The van der Waals surface area contributed by atoms with Gasteiger partial charge in [0.05, 0.1) is 5.02 Å². The van der Waals surface area contributed by atoms with Crippen LogP contribution in [0.25, 0.3) is 10.1 Å². The van der Waals surface area contributed by atoms with Gasteiger partial charge in [0.2, 0.25) is 0 Å². The Morgan fingerprint density at radius 1 is 1.10 bits per heavy atom. The summed E-state index contributed by atoms with van der Waals surface area (Å²) in [7, 11) is 0. The average molecular weight is 310 g/mol. The molecule has 1 aromatic carbocycles. The van der Waals surface area contributed by atoms with Crippen molar-refractivity contribution < 1.29 is 0 Å². The molecule has 0 spiro atoms. The van der Waals surface area contributed by atoms with E-state index in [1.54, 1.807) is 11.3 Å². The summed E-state index contributed by atoms with van der Waals surface area (Å²) >= 11 is 8.28. The van der Waals surface area contributed by atoms with E-state index in [1.165, 1.54) is 15.0 Å². The first-order chi connectivity index (χ1) is 9.18. The van der Waals surface area contributed by atoms with Gasteiger partial charge in [0.15, 0.2) is 0 Å². The molecule has 20 heavy (non-hydrogen) atoms. The summed E-state index contributed by atoms with van der Waals surface area (Å²) in [6.07, 6.45) is 1.13.